The van der Waals surface area contributed by atoms with Crippen LogP contribution >= 0.6 is 23.4 Å². The SMILES string of the molecule is COc1cccc(N2C(=O)CSC23CCN(C(=O)CCl)CC3)c1. The quantitative estimate of drug-likeness (QED) is 0.782. The lowest BCUT2D eigenvalue weighted by Crippen LogP contribution is -2.53. The number of methoxy groups -OCH3 is 1. The minimum Gasteiger partial charge on any atom is -0.497 e. The third-order valence-electron chi connectivity index (χ3n) is 4.44. The number of hydrogen-bond acceptors (Lipinski definition) is 4. The number of ether oxygens (including phenoxy) is 1. The zero-order chi connectivity index (χ0) is 16.4. The van der Waals surface area contributed by atoms with E-state index in [9.17, 15) is 9.59 Å². The zero-order valence-corrected chi connectivity index (χ0v) is 14.5. The van der Waals surface area contributed by atoms with Crippen LogP contribution in [0.1, 0.15) is 12.8 Å². The normalized spacial score (nSPS) is 20.2. The van der Waals surface area contributed by atoms with Gasteiger partial charge in [-0.3, -0.25) is 14.5 Å². The number of anilines is 1. The van der Waals surface area contributed by atoms with Crippen LogP contribution in [0.3, 0.4) is 0 Å². The number of piperidine rings is 1. The van der Waals surface area contributed by atoms with Crippen molar-refractivity contribution >= 4 is 40.9 Å². The van der Waals surface area contributed by atoms with Crippen molar-refractivity contribution in [1.29, 1.82) is 0 Å². The van der Waals surface area contributed by atoms with E-state index in [1.54, 1.807) is 23.8 Å². The van der Waals surface area contributed by atoms with E-state index in [2.05, 4.69) is 0 Å². The Hall–Kier alpha value is -1.40. The van der Waals surface area contributed by atoms with Crippen molar-refractivity contribution in [3.63, 3.8) is 0 Å². The molecule has 23 heavy (non-hydrogen) atoms. The molecule has 2 heterocycles. The highest BCUT2D eigenvalue weighted by Crippen LogP contribution is 2.47. The Bertz CT molecular complexity index is 617. The summed E-state index contributed by atoms with van der Waals surface area (Å²) in [5, 5.41) is 0. The second kappa shape index (κ2) is 6.61. The summed E-state index contributed by atoms with van der Waals surface area (Å²) >= 11 is 7.32. The maximum Gasteiger partial charge on any atom is 0.238 e. The highest BCUT2D eigenvalue weighted by atomic mass is 35.5. The molecule has 0 N–H and O–H groups in total. The first kappa shape index (κ1) is 16.5. The van der Waals surface area contributed by atoms with Gasteiger partial charge in [-0.15, -0.1) is 23.4 Å². The number of likely N-dealkylation sites (tertiary alicyclic amines) is 1. The van der Waals surface area contributed by atoms with E-state index in [-0.39, 0.29) is 22.6 Å². The van der Waals surface area contributed by atoms with Crippen LogP contribution in [-0.4, -0.2) is 53.4 Å². The first-order valence-electron chi connectivity index (χ1n) is 7.54. The maximum absolute atomic E-state index is 12.5. The number of carbonyl (C=O) groups excluding carboxylic acids is 2. The highest BCUT2D eigenvalue weighted by molar-refractivity contribution is 8.02. The topological polar surface area (TPSA) is 49.9 Å². The fourth-order valence-corrected chi connectivity index (χ4v) is 4.74. The fraction of sp³-hybridized carbons (Fsp3) is 0.500. The standard InChI is InChI=1S/C16H19ClN2O3S/c1-22-13-4-2-3-12(9-13)19-15(21)11-23-16(19)5-7-18(8-6-16)14(20)10-17/h2-4,9H,5-8,10-11H2,1H3. The highest BCUT2D eigenvalue weighted by Gasteiger charge is 2.49. The smallest absolute Gasteiger partial charge is 0.238 e. The number of rotatable bonds is 3. The van der Waals surface area contributed by atoms with Crippen LogP contribution in [0.4, 0.5) is 5.69 Å². The largest absolute Gasteiger partial charge is 0.497 e. The minimum absolute atomic E-state index is 0.0126. The summed E-state index contributed by atoms with van der Waals surface area (Å²) in [6.07, 6.45) is 1.51. The molecule has 0 aromatic heterocycles. The summed E-state index contributed by atoms with van der Waals surface area (Å²) in [6, 6.07) is 7.59. The first-order valence-corrected chi connectivity index (χ1v) is 9.06. The van der Waals surface area contributed by atoms with Crippen molar-refractivity contribution in [2.75, 3.05) is 36.7 Å². The van der Waals surface area contributed by atoms with Crippen molar-refractivity contribution in [1.82, 2.24) is 4.90 Å². The number of amides is 2. The van der Waals surface area contributed by atoms with Gasteiger partial charge in [-0.2, -0.15) is 0 Å². The van der Waals surface area contributed by atoms with Gasteiger partial charge < -0.3 is 9.64 Å². The Kier molecular flexibility index (Phi) is 4.73. The maximum atomic E-state index is 12.5. The molecule has 0 aliphatic carbocycles. The second-order valence-corrected chi connectivity index (χ2v) is 7.28. The molecular formula is C16H19ClN2O3S. The summed E-state index contributed by atoms with van der Waals surface area (Å²) in [4.78, 5) is 27.6. The van der Waals surface area contributed by atoms with E-state index in [4.69, 9.17) is 16.3 Å². The van der Waals surface area contributed by atoms with E-state index >= 15 is 0 Å². The molecule has 0 atom stereocenters. The molecule has 1 aromatic rings. The number of carbonyl (C=O) groups is 2. The van der Waals surface area contributed by atoms with Crippen LogP contribution in [0, 0.1) is 0 Å². The third-order valence-corrected chi connectivity index (χ3v) is 6.19. The first-order chi connectivity index (χ1) is 11.1. The van der Waals surface area contributed by atoms with Gasteiger partial charge >= 0.3 is 0 Å². The Balaban J connectivity index is 1.84. The van der Waals surface area contributed by atoms with Crippen LogP contribution in [0.5, 0.6) is 5.75 Å². The molecule has 0 bridgehead atoms. The van der Waals surface area contributed by atoms with Gasteiger partial charge in [-0.1, -0.05) is 6.07 Å². The summed E-state index contributed by atoms with van der Waals surface area (Å²) in [6.45, 7) is 1.26. The lowest BCUT2D eigenvalue weighted by Gasteiger charge is -2.43. The van der Waals surface area contributed by atoms with E-state index in [0.29, 0.717) is 18.8 Å². The summed E-state index contributed by atoms with van der Waals surface area (Å²) in [7, 11) is 1.62. The molecule has 5 nitrogen and oxygen atoms in total. The van der Waals surface area contributed by atoms with Gasteiger partial charge in [-0.25, -0.2) is 0 Å². The summed E-state index contributed by atoms with van der Waals surface area (Å²) in [5.41, 5.74) is 0.858. The van der Waals surface area contributed by atoms with Crippen molar-refractivity contribution in [3.8, 4) is 5.75 Å². The molecule has 0 radical (unpaired) electrons. The molecule has 2 aliphatic rings. The molecule has 2 amide bonds. The summed E-state index contributed by atoms with van der Waals surface area (Å²) < 4.78 is 5.28. The molecule has 124 valence electrons. The molecule has 2 fully saturated rings. The molecule has 1 aromatic carbocycles. The molecule has 1 spiro atoms. The molecule has 0 unspecified atom stereocenters. The van der Waals surface area contributed by atoms with Gasteiger partial charge in [0.25, 0.3) is 0 Å². The van der Waals surface area contributed by atoms with Crippen molar-refractivity contribution in [2.24, 2.45) is 0 Å². The molecular weight excluding hydrogens is 336 g/mol. The fourth-order valence-electron chi connectivity index (χ4n) is 3.24. The summed E-state index contributed by atoms with van der Waals surface area (Å²) in [5.74, 6) is 1.29. The van der Waals surface area contributed by atoms with Crippen LogP contribution < -0.4 is 9.64 Å². The van der Waals surface area contributed by atoms with Crippen molar-refractivity contribution in [3.05, 3.63) is 24.3 Å². The second-order valence-electron chi connectivity index (χ2n) is 5.68. The molecule has 3 rings (SSSR count). The Morgan fingerprint density at radius 2 is 2.13 bits per heavy atom. The Labute approximate surface area is 144 Å². The average molecular weight is 355 g/mol. The minimum atomic E-state index is -0.271. The molecule has 2 saturated heterocycles. The van der Waals surface area contributed by atoms with Gasteiger partial charge in [-0.05, 0) is 25.0 Å². The van der Waals surface area contributed by atoms with Gasteiger partial charge in [0.2, 0.25) is 11.8 Å². The van der Waals surface area contributed by atoms with E-state index in [1.807, 2.05) is 29.2 Å². The lowest BCUT2D eigenvalue weighted by molar-refractivity contribution is -0.129. The zero-order valence-electron chi connectivity index (χ0n) is 13.0. The third kappa shape index (κ3) is 3.02. The number of hydrogen-bond donors (Lipinski definition) is 0. The van der Waals surface area contributed by atoms with Crippen molar-refractivity contribution in [2.45, 2.75) is 17.7 Å². The van der Waals surface area contributed by atoms with Crippen LogP contribution in [0.2, 0.25) is 0 Å². The van der Waals surface area contributed by atoms with Gasteiger partial charge in [0.05, 0.1) is 17.7 Å². The predicted octanol–water partition coefficient (Wildman–Crippen LogP) is 2.33. The van der Waals surface area contributed by atoms with Crippen molar-refractivity contribution < 1.29 is 14.3 Å². The van der Waals surface area contributed by atoms with Crippen LogP contribution in [0.25, 0.3) is 0 Å². The number of nitrogens with zero attached hydrogens (tertiary/aromatic N) is 2. The van der Waals surface area contributed by atoms with Gasteiger partial charge in [0.1, 0.15) is 11.6 Å². The number of thioether (sulfide) groups is 1. The monoisotopic (exact) mass is 354 g/mol. The van der Waals surface area contributed by atoms with Crippen LogP contribution in [0.15, 0.2) is 24.3 Å². The lowest BCUT2D eigenvalue weighted by atomic mass is 10.0. The Morgan fingerprint density at radius 3 is 2.78 bits per heavy atom. The number of alkyl halides is 1. The van der Waals surface area contributed by atoms with E-state index < -0.39 is 0 Å². The van der Waals surface area contributed by atoms with E-state index in [1.165, 1.54) is 0 Å². The molecule has 2 aliphatic heterocycles. The van der Waals surface area contributed by atoms with Crippen LogP contribution in [-0.2, 0) is 9.59 Å². The predicted molar refractivity (Wildman–Crippen MR) is 92.2 cm³/mol. The molecule has 0 saturated carbocycles. The van der Waals surface area contributed by atoms with Gasteiger partial charge in [0, 0.05) is 24.8 Å². The Morgan fingerprint density at radius 1 is 1.39 bits per heavy atom. The van der Waals surface area contributed by atoms with Gasteiger partial charge in [0.15, 0.2) is 0 Å². The molecule has 7 heteroatoms. The average Bonchev–Trinajstić information content (AvgIpc) is 2.91. The van der Waals surface area contributed by atoms with E-state index in [0.717, 1.165) is 24.3 Å². The number of halogens is 1. The number of benzene rings is 1.